The van der Waals surface area contributed by atoms with Gasteiger partial charge in [0.2, 0.25) is 0 Å². The van der Waals surface area contributed by atoms with Crippen LogP contribution in [0, 0.1) is 0 Å². The van der Waals surface area contributed by atoms with Crippen molar-refractivity contribution in [1.82, 2.24) is 9.55 Å². The molecule has 0 bridgehead atoms. The summed E-state index contributed by atoms with van der Waals surface area (Å²) in [7, 11) is -16.5. The number of hydrogen-bond acceptors (Lipinski definition) is 12. The van der Waals surface area contributed by atoms with Crippen LogP contribution in [-0.4, -0.2) is 43.0 Å². The van der Waals surface area contributed by atoms with Gasteiger partial charge in [-0.15, -0.1) is 0 Å². The lowest BCUT2D eigenvalue weighted by atomic mass is 10.1. The van der Waals surface area contributed by atoms with Crippen LogP contribution < -0.4 is 11.0 Å². The lowest BCUT2D eigenvalue weighted by Crippen LogP contribution is -2.29. The zero-order valence-corrected chi connectivity index (χ0v) is 30.6. The minimum absolute atomic E-state index is 0.0969. The van der Waals surface area contributed by atoms with Gasteiger partial charge in [0, 0.05) is 19.2 Å². The van der Waals surface area contributed by atoms with E-state index in [0.29, 0.717) is 17.9 Å². The van der Waals surface area contributed by atoms with E-state index in [2.05, 4.69) is 18.9 Å². The lowest BCUT2D eigenvalue weighted by Gasteiger charge is -2.22. The minimum Gasteiger partial charge on any atom is -0.371 e. The summed E-state index contributed by atoms with van der Waals surface area (Å²) in [5, 5.41) is 4.81. The number of ether oxygens (including phenoxy) is 2. The zero-order valence-electron chi connectivity index (χ0n) is 27.9. The van der Waals surface area contributed by atoms with Gasteiger partial charge in [-0.2, -0.15) is 13.6 Å². The first-order valence-corrected chi connectivity index (χ1v) is 20.7. The van der Waals surface area contributed by atoms with Gasteiger partial charge in [-0.05, 0) is 39.6 Å². The Morgan fingerprint density at radius 3 is 2.08 bits per heavy atom. The van der Waals surface area contributed by atoms with Crippen LogP contribution in [0.3, 0.4) is 0 Å². The molecule has 1 fully saturated rings. The summed E-state index contributed by atoms with van der Waals surface area (Å²) in [4.78, 5) is 47.6. The molecule has 4 N–H and O–H groups in total. The molecule has 0 amide bonds. The number of rotatable bonds is 17. The standard InChI is InChI=1S/C34H36N3O13P3/c38-34-36-32(35-21-25-9-3-1-4-10-25)17-18-37(34)33-20-30(45-22-26-11-5-2-6-12-26)31(48-33)24-47-52(41,42)50-53(43,44)49-51(39,40)46-23-27-15-16-28-13-7-8-14-29(28)19-27/h1-19,30-31,33H,20-24H2,(H,39,40)(H,41,42)(H,43,44)(H,35,36,38). The SMILES string of the molecule is O=c1nc(NCc2ccccc2)ccn1C1CC(OCc2ccccc2)C(COP(=O)(O)OP(=O)(O)OP(=O)(O)OCc2ccc3ccccc3c2)O1. The van der Waals surface area contributed by atoms with Gasteiger partial charge in [-0.1, -0.05) is 97.1 Å². The number of nitrogens with one attached hydrogen (secondary N) is 1. The summed E-state index contributed by atoms with van der Waals surface area (Å²) in [6.07, 6.45) is -1.25. The molecule has 16 nitrogen and oxygen atoms in total. The second-order valence-corrected chi connectivity index (χ2v) is 16.5. The van der Waals surface area contributed by atoms with Crippen LogP contribution >= 0.6 is 23.5 Å². The molecule has 6 unspecified atom stereocenters. The van der Waals surface area contributed by atoms with E-state index in [9.17, 15) is 33.2 Å². The van der Waals surface area contributed by atoms with E-state index in [-0.39, 0.29) is 13.0 Å². The summed E-state index contributed by atoms with van der Waals surface area (Å²) >= 11 is 0. The minimum atomic E-state index is -5.73. The van der Waals surface area contributed by atoms with Gasteiger partial charge in [0.15, 0.2) is 0 Å². The maximum Gasteiger partial charge on any atom is 0.490 e. The number of phosphoric ester groups is 2. The Morgan fingerprint density at radius 2 is 1.38 bits per heavy atom. The third-order valence-electron chi connectivity index (χ3n) is 7.97. The van der Waals surface area contributed by atoms with Gasteiger partial charge < -0.3 is 29.5 Å². The number of anilines is 1. The molecule has 6 atom stereocenters. The fourth-order valence-electron chi connectivity index (χ4n) is 5.47. The summed E-state index contributed by atoms with van der Waals surface area (Å²) in [5.41, 5.74) is 1.61. The predicted molar refractivity (Wildman–Crippen MR) is 192 cm³/mol. The van der Waals surface area contributed by atoms with E-state index < -0.39 is 60.8 Å². The monoisotopic (exact) mass is 787 g/mol. The third kappa shape index (κ3) is 11.3. The Balaban J connectivity index is 1.07. The molecule has 1 aromatic heterocycles. The van der Waals surface area contributed by atoms with Crippen LogP contribution in [-0.2, 0) is 60.6 Å². The van der Waals surface area contributed by atoms with Crippen LogP contribution in [0.15, 0.2) is 120 Å². The van der Waals surface area contributed by atoms with E-state index in [1.54, 1.807) is 30.3 Å². The molecule has 0 saturated carbocycles. The van der Waals surface area contributed by atoms with Crippen molar-refractivity contribution in [3.8, 4) is 0 Å². The summed E-state index contributed by atoms with van der Waals surface area (Å²) in [6.45, 7) is -0.666. The van der Waals surface area contributed by atoms with Crippen LogP contribution in [0.2, 0.25) is 0 Å². The normalized spacial score (nSPS) is 20.7. The predicted octanol–water partition coefficient (Wildman–Crippen LogP) is 6.45. The molecule has 0 radical (unpaired) electrons. The number of hydrogen-bond donors (Lipinski definition) is 4. The molecule has 19 heteroatoms. The number of benzene rings is 4. The Kier molecular flexibility index (Phi) is 12.5. The van der Waals surface area contributed by atoms with Crippen molar-refractivity contribution in [3.05, 3.63) is 143 Å². The highest BCUT2D eigenvalue weighted by molar-refractivity contribution is 7.66. The Labute approximate surface area is 303 Å². The second kappa shape index (κ2) is 17.1. The van der Waals surface area contributed by atoms with Crippen LogP contribution in [0.4, 0.5) is 5.82 Å². The average Bonchev–Trinajstić information content (AvgIpc) is 3.54. The molecule has 1 aliphatic rings. The highest BCUT2D eigenvalue weighted by atomic mass is 31.3. The van der Waals surface area contributed by atoms with Crippen molar-refractivity contribution in [1.29, 1.82) is 0 Å². The van der Waals surface area contributed by atoms with Gasteiger partial charge >= 0.3 is 29.2 Å². The molecule has 280 valence electrons. The van der Waals surface area contributed by atoms with Crippen molar-refractivity contribution in [2.75, 3.05) is 11.9 Å². The molecule has 1 saturated heterocycles. The Bertz CT molecular complexity index is 2210. The van der Waals surface area contributed by atoms with Crippen molar-refractivity contribution in [2.45, 2.75) is 44.6 Å². The molecule has 5 aromatic rings. The maximum atomic E-state index is 13.0. The van der Waals surface area contributed by atoms with Gasteiger partial charge in [-0.3, -0.25) is 13.6 Å². The lowest BCUT2D eigenvalue weighted by molar-refractivity contribution is -0.0645. The fourth-order valence-corrected chi connectivity index (χ4v) is 8.97. The van der Waals surface area contributed by atoms with Gasteiger partial charge in [-0.25, -0.2) is 18.5 Å². The van der Waals surface area contributed by atoms with Gasteiger partial charge in [0.05, 0.1) is 25.9 Å². The number of phosphoric acid groups is 3. The average molecular weight is 788 g/mol. The topological polar surface area (TPSA) is 214 Å². The Morgan fingerprint density at radius 1 is 0.736 bits per heavy atom. The van der Waals surface area contributed by atoms with Crippen molar-refractivity contribution < 1.29 is 55.5 Å². The molecule has 0 aliphatic carbocycles. The van der Waals surface area contributed by atoms with E-state index in [0.717, 1.165) is 21.9 Å². The Hall–Kier alpha value is -3.85. The van der Waals surface area contributed by atoms with Crippen molar-refractivity contribution in [3.63, 3.8) is 0 Å². The maximum absolute atomic E-state index is 13.0. The van der Waals surface area contributed by atoms with Crippen LogP contribution in [0.1, 0.15) is 29.3 Å². The quantitative estimate of drug-likeness (QED) is 0.0746. The van der Waals surface area contributed by atoms with Crippen molar-refractivity contribution >= 4 is 40.1 Å². The molecule has 0 spiro atoms. The first-order valence-electron chi connectivity index (χ1n) is 16.2. The summed E-state index contributed by atoms with van der Waals surface area (Å²) in [5.74, 6) is 0.338. The number of nitrogens with zero attached hydrogens (tertiary/aromatic N) is 2. The van der Waals surface area contributed by atoms with Gasteiger partial charge in [0.1, 0.15) is 18.1 Å². The molecular weight excluding hydrogens is 751 g/mol. The van der Waals surface area contributed by atoms with Crippen LogP contribution in [0.5, 0.6) is 0 Å². The smallest absolute Gasteiger partial charge is 0.371 e. The summed E-state index contributed by atoms with van der Waals surface area (Å²) < 4.78 is 69.5. The first-order chi connectivity index (χ1) is 25.3. The molecule has 4 aromatic carbocycles. The molecule has 2 heterocycles. The zero-order chi connectivity index (χ0) is 37.5. The second-order valence-electron chi connectivity index (χ2n) is 11.9. The largest absolute Gasteiger partial charge is 0.490 e. The highest BCUT2D eigenvalue weighted by Crippen LogP contribution is 2.68. The molecule has 53 heavy (non-hydrogen) atoms. The van der Waals surface area contributed by atoms with Crippen LogP contribution in [0.25, 0.3) is 10.8 Å². The van der Waals surface area contributed by atoms with E-state index in [4.69, 9.17) is 18.5 Å². The van der Waals surface area contributed by atoms with E-state index >= 15 is 0 Å². The van der Waals surface area contributed by atoms with Crippen molar-refractivity contribution in [2.24, 2.45) is 0 Å². The van der Waals surface area contributed by atoms with Gasteiger partial charge in [0.25, 0.3) is 0 Å². The molecule has 1 aliphatic heterocycles. The highest BCUT2D eigenvalue weighted by Gasteiger charge is 2.44. The van der Waals surface area contributed by atoms with E-state index in [1.165, 1.54) is 10.8 Å². The molecule has 6 rings (SSSR count). The molecular formula is C34H36N3O13P3. The fraction of sp³-hybridized carbons (Fsp3) is 0.235. The van der Waals surface area contributed by atoms with E-state index in [1.807, 2.05) is 78.9 Å². The number of fused-ring (bicyclic) bond motifs is 1. The first kappa shape index (κ1) is 38.9. The third-order valence-corrected chi connectivity index (χ3v) is 12.2. The number of aromatic nitrogens is 2. The summed E-state index contributed by atoms with van der Waals surface area (Å²) in [6, 6.07) is 32.6.